The molecular weight excluding hydrogens is 294 g/mol. The molecule has 0 spiro atoms. The van der Waals surface area contributed by atoms with Crippen LogP contribution in [0.2, 0.25) is 0 Å². The third kappa shape index (κ3) is 3.94. The predicted molar refractivity (Wildman–Crippen MR) is 88.2 cm³/mol. The van der Waals surface area contributed by atoms with E-state index < -0.39 is 0 Å². The standard InChI is InChI=1S/C16H21N5O2/c17-15-14(19-12-4-1-2-5-13(12)20-15)16(22)18-6-3-7-21-8-10-23-11-9-21/h1-2,4-5H,3,6-11H2,(H2,17,20)(H,18,22). The van der Waals surface area contributed by atoms with Gasteiger partial charge in [0.25, 0.3) is 5.91 Å². The van der Waals surface area contributed by atoms with Gasteiger partial charge in [-0.1, -0.05) is 12.1 Å². The molecule has 0 radical (unpaired) electrons. The maximum atomic E-state index is 12.2. The maximum absolute atomic E-state index is 12.2. The highest BCUT2D eigenvalue weighted by Gasteiger charge is 2.14. The van der Waals surface area contributed by atoms with Crippen molar-refractivity contribution in [3.05, 3.63) is 30.0 Å². The first-order valence-corrected chi connectivity index (χ1v) is 7.84. The van der Waals surface area contributed by atoms with Gasteiger partial charge in [-0.05, 0) is 25.1 Å². The third-order valence-electron chi connectivity index (χ3n) is 3.85. The van der Waals surface area contributed by atoms with Gasteiger partial charge in [0, 0.05) is 19.6 Å². The lowest BCUT2D eigenvalue weighted by molar-refractivity contribution is 0.0374. The Morgan fingerprint density at radius 3 is 2.65 bits per heavy atom. The van der Waals surface area contributed by atoms with Crippen molar-refractivity contribution in [2.75, 3.05) is 45.1 Å². The van der Waals surface area contributed by atoms with E-state index in [1.165, 1.54) is 0 Å². The van der Waals surface area contributed by atoms with Crippen LogP contribution in [0.3, 0.4) is 0 Å². The molecule has 2 aromatic rings. The van der Waals surface area contributed by atoms with Crippen molar-refractivity contribution in [3.8, 4) is 0 Å². The zero-order chi connectivity index (χ0) is 16.1. The van der Waals surface area contributed by atoms with Crippen LogP contribution in [0.15, 0.2) is 24.3 Å². The zero-order valence-corrected chi connectivity index (χ0v) is 13.0. The first-order valence-electron chi connectivity index (χ1n) is 7.84. The van der Waals surface area contributed by atoms with Gasteiger partial charge in [0.05, 0.1) is 24.2 Å². The molecule has 1 saturated heterocycles. The second kappa shape index (κ2) is 7.34. The van der Waals surface area contributed by atoms with Crippen LogP contribution in [0, 0.1) is 0 Å². The molecule has 0 bridgehead atoms. The molecule has 1 fully saturated rings. The van der Waals surface area contributed by atoms with Gasteiger partial charge in [0.1, 0.15) is 0 Å². The highest BCUT2D eigenvalue weighted by atomic mass is 16.5. The summed E-state index contributed by atoms with van der Waals surface area (Å²) in [5.74, 6) is -0.114. The van der Waals surface area contributed by atoms with Gasteiger partial charge in [-0.15, -0.1) is 0 Å². The van der Waals surface area contributed by atoms with Gasteiger partial charge in [-0.3, -0.25) is 9.69 Å². The molecule has 1 aromatic carbocycles. The first kappa shape index (κ1) is 15.6. The van der Waals surface area contributed by atoms with E-state index in [0.29, 0.717) is 17.6 Å². The summed E-state index contributed by atoms with van der Waals surface area (Å²) in [5, 5.41) is 2.86. The van der Waals surface area contributed by atoms with Crippen molar-refractivity contribution in [2.45, 2.75) is 6.42 Å². The number of nitrogens with two attached hydrogens (primary N) is 1. The number of nitrogens with one attached hydrogen (secondary N) is 1. The van der Waals surface area contributed by atoms with Crippen LogP contribution in [0.1, 0.15) is 16.9 Å². The number of rotatable bonds is 5. The molecule has 1 aliphatic rings. The van der Waals surface area contributed by atoms with E-state index in [1.54, 1.807) is 0 Å². The third-order valence-corrected chi connectivity index (χ3v) is 3.85. The number of para-hydroxylation sites is 2. The summed E-state index contributed by atoms with van der Waals surface area (Å²) in [6.45, 7) is 5.02. The number of nitrogen functional groups attached to an aromatic ring is 1. The van der Waals surface area contributed by atoms with Gasteiger partial charge >= 0.3 is 0 Å². The van der Waals surface area contributed by atoms with Crippen LogP contribution in [0.4, 0.5) is 5.82 Å². The van der Waals surface area contributed by atoms with Gasteiger partial charge in [0.2, 0.25) is 0 Å². The highest BCUT2D eigenvalue weighted by Crippen LogP contribution is 2.14. The molecule has 23 heavy (non-hydrogen) atoms. The lowest BCUT2D eigenvalue weighted by Gasteiger charge is -2.26. The number of anilines is 1. The molecule has 7 heteroatoms. The first-order chi connectivity index (χ1) is 11.2. The topological polar surface area (TPSA) is 93.4 Å². The Morgan fingerprint density at radius 1 is 1.22 bits per heavy atom. The maximum Gasteiger partial charge on any atom is 0.273 e. The van der Waals surface area contributed by atoms with Crippen molar-refractivity contribution in [3.63, 3.8) is 0 Å². The average molecular weight is 315 g/mol. The molecular formula is C16H21N5O2. The van der Waals surface area contributed by atoms with Crippen LogP contribution in [-0.4, -0.2) is 60.2 Å². The number of hydrogen-bond acceptors (Lipinski definition) is 6. The van der Waals surface area contributed by atoms with Gasteiger partial charge in [-0.25, -0.2) is 9.97 Å². The minimum atomic E-state index is -0.275. The summed E-state index contributed by atoms with van der Waals surface area (Å²) < 4.78 is 5.31. The molecule has 3 N–H and O–H groups in total. The van der Waals surface area contributed by atoms with Crippen LogP contribution in [0.5, 0.6) is 0 Å². The number of benzene rings is 1. The normalized spacial score (nSPS) is 15.7. The smallest absolute Gasteiger partial charge is 0.273 e. The van der Waals surface area contributed by atoms with Crippen molar-refractivity contribution in [1.82, 2.24) is 20.2 Å². The number of nitrogens with zero attached hydrogens (tertiary/aromatic N) is 3. The van der Waals surface area contributed by atoms with E-state index in [-0.39, 0.29) is 17.4 Å². The van der Waals surface area contributed by atoms with Crippen molar-refractivity contribution < 1.29 is 9.53 Å². The highest BCUT2D eigenvalue weighted by molar-refractivity contribution is 5.98. The molecule has 1 aliphatic heterocycles. The van der Waals surface area contributed by atoms with Gasteiger partial charge < -0.3 is 15.8 Å². The Kier molecular flexibility index (Phi) is 4.99. The van der Waals surface area contributed by atoms with E-state index in [9.17, 15) is 4.79 Å². The van der Waals surface area contributed by atoms with Crippen LogP contribution in [-0.2, 0) is 4.74 Å². The molecule has 1 amide bonds. The SMILES string of the molecule is Nc1nc2ccccc2nc1C(=O)NCCCN1CCOCC1. The summed E-state index contributed by atoms with van der Waals surface area (Å²) >= 11 is 0. The summed E-state index contributed by atoms with van der Waals surface area (Å²) in [5.41, 5.74) is 7.40. The Morgan fingerprint density at radius 2 is 1.91 bits per heavy atom. The largest absolute Gasteiger partial charge is 0.382 e. The second-order valence-electron chi connectivity index (χ2n) is 5.51. The molecule has 0 aliphatic carbocycles. The molecule has 122 valence electrons. The summed E-state index contributed by atoms with van der Waals surface area (Å²) in [6.07, 6.45) is 0.882. The van der Waals surface area contributed by atoms with Gasteiger partial charge in [-0.2, -0.15) is 0 Å². The fourth-order valence-electron chi connectivity index (χ4n) is 2.59. The number of aromatic nitrogens is 2. The number of fused-ring (bicyclic) bond motifs is 1. The quantitative estimate of drug-likeness (QED) is 0.788. The molecule has 2 heterocycles. The molecule has 0 atom stereocenters. The fourth-order valence-corrected chi connectivity index (χ4v) is 2.59. The number of amides is 1. The van der Waals surface area contributed by atoms with E-state index in [4.69, 9.17) is 10.5 Å². The van der Waals surface area contributed by atoms with E-state index >= 15 is 0 Å². The Bertz CT molecular complexity index is 685. The van der Waals surface area contributed by atoms with E-state index in [1.807, 2.05) is 24.3 Å². The second-order valence-corrected chi connectivity index (χ2v) is 5.51. The van der Waals surface area contributed by atoms with E-state index in [2.05, 4.69) is 20.2 Å². The number of carbonyl (C=O) groups is 1. The summed E-state index contributed by atoms with van der Waals surface area (Å²) in [4.78, 5) is 23.1. The number of carbonyl (C=O) groups excluding carboxylic acids is 1. The minimum Gasteiger partial charge on any atom is -0.382 e. The number of ether oxygens (including phenoxy) is 1. The fraction of sp³-hybridized carbons (Fsp3) is 0.438. The Balaban J connectivity index is 1.54. The minimum absolute atomic E-state index is 0.161. The van der Waals surface area contributed by atoms with Crippen LogP contribution in [0.25, 0.3) is 11.0 Å². The number of hydrogen-bond donors (Lipinski definition) is 2. The van der Waals surface area contributed by atoms with E-state index in [0.717, 1.165) is 39.3 Å². The molecule has 7 nitrogen and oxygen atoms in total. The summed E-state index contributed by atoms with van der Waals surface area (Å²) in [6, 6.07) is 7.36. The van der Waals surface area contributed by atoms with Crippen molar-refractivity contribution >= 4 is 22.8 Å². The van der Waals surface area contributed by atoms with Crippen LogP contribution >= 0.6 is 0 Å². The Hall–Kier alpha value is -2.25. The lowest BCUT2D eigenvalue weighted by atomic mass is 10.2. The average Bonchev–Trinajstić information content (AvgIpc) is 2.59. The Labute approximate surface area is 134 Å². The predicted octanol–water partition coefficient (Wildman–Crippen LogP) is 0.664. The monoisotopic (exact) mass is 315 g/mol. The zero-order valence-electron chi connectivity index (χ0n) is 13.0. The molecule has 1 aromatic heterocycles. The number of morpholine rings is 1. The molecule has 0 unspecified atom stereocenters. The molecule has 3 rings (SSSR count). The summed E-state index contributed by atoms with van der Waals surface area (Å²) in [7, 11) is 0. The lowest BCUT2D eigenvalue weighted by Crippen LogP contribution is -2.38. The van der Waals surface area contributed by atoms with Crippen molar-refractivity contribution in [2.24, 2.45) is 0 Å². The molecule has 0 saturated carbocycles. The van der Waals surface area contributed by atoms with Crippen molar-refractivity contribution in [1.29, 1.82) is 0 Å². The van der Waals surface area contributed by atoms with Gasteiger partial charge in [0.15, 0.2) is 11.5 Å². The van der Waals surface area contributed by atoms with Crippen LogP contribution < -0.4 is 11.1 Å².